The Labute approximate surface area is 109 Å². The van der Waals surface area contributed by atoms with Gasteiger partial charge in [0.25, 0.3) is 0 Å². The molecule has 1 aromatic rings. The molecule has 0 heterocycles. The summed E-state index contributed by atoms with van der Waals surface area (Å²) in [6.45, 7) is -0.442. The van der Waals surface area contributed by atoms with Crippen molar-refractivity contribution in [3.8, 4) is 0 Å². The molecule has 0 bridgehead atoms. The molecular formula is C12H13ClFNO3. The zero-order chi connectivity index (χ0) is 13.5. The Morgan fingerprint density at radius 2 is 2.06 bits per heavy atom. The van der Waals surface area contributed by atoms with Crippen LogP contribution in [0.2, 0.25) is 5.02 Å². The summed E-state index contributed by atoms with van der Waals surface area (Å²) in [7, 11) is 0. The van der Waals surface area contributed by atoms with E-state index >= 15 is 0 Å². The molecule has 0 saturated heterocycles. The van der Waals surface area contributed by atoms with Gasteiger partial charge in [-0.1, -0.05) is 17.7 Å². The van der Waals surface area contributed by atoms with Crippen LogP contribution < -0.4 is 5.32 Å². The number of alkyl halides is 1. The minimum Gasteiger partial charge on any atom is -0.481 e. The Balaban J connectivity index is 2.48. The SMILES string of the molecule is O=C(O)CCC(=O)NCc1ccc(Cl)c(CF)c1. The number of aliphatic carboxylic acids is 1. The molecule has 98 valence electrons. The predicted molar refractivity (Wildman–Crippen MR) is 65.0 cm³/mol. The van der Waals surface area contributed by atoms with Gasteiger partial charge >= 0.3 is 5.97 Å². The Bertz CT molecular complexity index is 451. The standard InChI is InChI=1S/C12H13ClFNO3/c13-10-2-1-8(5-9(10)6-14)7-15-11(16)3-4-12(17)18/h1-2,5H,3-4,6-7H2,(H,15,16)(H,17,18). The van der Waals surface area contributed by atoms with Gasteiger partial charge in [0.1, 0.15) is 6.67 Å². The number of carboxylic acid groups (broad SMARTS) is 1. The van der Waals surface area contributed by atoms with Crippen LogP contribution >= 0.6 is 11.6 Å². The minimum absolute atomic E-state index is 0.0705. The fourth-order valence-electron chi connectivity index (χ4n) is 1.35. The second kappa shape index (κ2) is 6.96. The molecule has 0 atom stereocenters. The summed E-state index contributed by atoms with van der Waals surface area (Å²) in [4.78, 5) is 21.5. The van der Waals surface area contributed by atoms with Crippen molar-refractivity contribution in [1.82, 2.24) is 5.32 Å². The van der Waals surface area contributed by atoms with Crippen molar-refractivity contribution in [3.63, 3.8) is 0 Å². The average molecular weight is 274 g/mol. The second-order valence-electron chi connectivity index (χ2n) is 3.73. The van der Waals surface area contributed by atoms with E-state index in [2.05, 4.69) is 5.32 Å². The molecule has 18 heavy (non-hydrogen) atoms. The summed E-state index contributed by atoms with van der Waals surface area (Å²) in [6, 6.07) is 4.81. The molecule has 0 aliphatic rings. The molecule has 0 radical (unpaired) electrons. The van der Waals surface area contributed by atoms with Gasteiger partial charge in [0.05, 0.1) is 6.42 Å². The summed E-state index contributed by atoms with van der Waals surface area (Å²) in [6.07, 6.45) is -0.277. The van der Waals surface area contributed by atoms with Crippen LogP contribution in [0.1, 0.15) is 24.0 Å². The number of carboxylic acids is 1. The number of hydrogen-bond acceptors (Lipinski definition) is 2. The van der Waals surface area contributed by atoms with Crippen LogP contribution in [-0.4, -0.2) is 17.0 Å². The summed E-state index contributed by atoms with van der Waals surface area (Å²) in [5.41, 5.74) is 1.09. The first-order chi connectivity index (χ1) is 8.52. The van der Waals surface area contributed by atoms with Gasteiger partial charge in [-0.2, -0.15) is 0 Å². The van der Waals surface area contributed by atoms with Crippen molar-refractivity contribution < 1.29 is 19.1 Å². The van der Waals surface area contributed by atoms with Crippen molar-refractivity contribution >= 4 is 23.5 Å². The lowest BCUT2D eigenvalue weighted by atomic mass is 10.1. The number of halogens is 2. The molecule has 0 aromatic heterocycles. The number of hydrogen-bond donors (Lipinski definition) is 2. The van der Waals surface area contributed by atoms with Gasteiger partial charge in [0, 0.05) is 23.6 Å². The fraction of sp³-hybridized carbons (Fsp3) is 0.333. The summed E-state index contributed by atoms with van der Waals surface area (Å²) < 4.78 is 12.5. The van der Waals surface area contributed by atoms with Gasteiger partial charge in [0.15, 0.2) is 0 Å². The van der Waals surface area contributed by atoms with Crippen LogP contribution in [0.4, 0.5) is 4.39 Å². The van der Waals surface area contributed by atoms with Gasteiger partial charge in [-0.25, -0.2) is 4.39 Å². The number of benzene rings is 1. The monoisotopic (exact) mass is 273 g/mol. The van der Waals surface area contributed by atoms with Crippen molar-refractivity contribution in [1.29, 1.82) is 0 Å². The lowest BCUT2D eigenvalue weighted by molar-refractivity contribution is -0.138. The van der Waals surface area contributed by atoms with Crippen LogP contribution in [0, 0.1) is 0 Å². The van der Waals surface area contributed by atoms with E-state index in [1.54, 1.807) is 18.2 Å². The smallest absolute Gasteiger partial charge is 0.303 e. The topological polar surface area (TPSA) is 66.4 Å². The Morgan fingerprint density at radius 3 is 2.67 bits per heavy atom. The average Bonchev–Trinajstić information content (AvgIpc) is 2.35. The molecule has 0 fully saturated rings. The third kappa shape index (κ3) is 4.71. The molecule has 0 spiro atoms. The first kappa shape index (κ1) is 14.4. The van der Waals surface area contributed by atoms with Crippen molar-refractivity contribution in [3.05, 3.63) is 34.3 Å². The zero-order valence-corrected chi connectivity index (χ0v) is 10.3. The van der Waals surface area contributed by atoms with E-state index in [0.29, 0.717) is 10.6 Å². The van der Waals surface area contributed by atoms with Gasteiger partial charge in [0.2, 0.25) is 5.91 Å². The third-order valence-electron chi connectivity index (χ3n) is 2.31. The van der Waals surface area contributed by atoms with Crippen LogP contribution in [0.3, 0.4) is 0 Å². The highest BCUT2D eigenvalue weighted by Gasteiger charge is 2.06. The van der Waals surface area contributed by atoms with Crippen molar-refractivity contribution in [2.45, 2.75) is 26.1 Å². The zero-order valence-electron chi connectivity index (χ0n) is 9.58. The maximum atomic E-state index is 12.5. The van der Waals surface area contributed by atoms with Gasteiger partial charge in [-0.05, 0) is 17.7 Å². The normalized spacial score (nSPS) is 10.1. The van der Waals surface area contributed by atoms with E-state index in [1.165, 1.54) is 0 Å². The first-order valence-electron chi connectivity index (χ1n) is 5.34. The van der Waals surface area contributed by atoms with Gasteiger partial charge in [-0.15, -0.1) is 0 Å². The van der Waals surface area contributed by atoms with Crippen LogP contribution in [0.15, 0.2) is 18.2 Å². The molecule has 6 heteroatoms. The molecular weight excluding hydrogens is 261 g/mol. The Morgan fingerprint density at radius 1 is 1.33 bits per heavy atom. The largest absolute Gasteiger partial charge is 0.481 e. The van der Waals surface area contributed by atoms with Crippen LogP contribution in [-0.2, 0) is 22.8 Å². The Kier molecular flexibility index (Phi) is 5.58. The lowest BCUT2D eigenvalue weighted by Gasteiger charge is -2.06. The minimum atomic E-state index is -1.02. The van der Waals surface area contributed by atoms with E-state index < -0.39 is 12.6 Å². The molecule has 1 aromatic carbocycles. The third-order valence-corrected chi connectivity index (χ3v) is 2.68. The van der Waals surface area contributed by atoms with Crippen LogP contribution in [0.5, 0.6) is 0 Å². The van der Waals surface area contributed by atoms with E-state index in [1.807, 2.05) is 0 Å². The number of nitrogens with one attached hydrogen (secondary N) is 1. The summed E-state index contributed by atoms with van der Waals surface area (Å²) >= 11 is 5.75. The quantitative estimate of drug-likeness (QED) is 0.836. The molecule has 0 saturated carbocycles. The number of amides is 1. The second-order valence-corrected chi connectivity index (χ2v) is 4.14. The molecule has 2 N–H and O–H groups in total. The highest BCUT2D eigenvalue weighted by molar-refractivity contribution is 6.31. The van der Waals surface area contributed by atoms with E-state index in [9.17, 15) is 14.0 Å². The number of rotatable bonds is 6. The highest BCUT2D eigenvalue weighted by Crippen LogP contribution is 2.18. The fourth-order valence-corrected chi connectivity index (χ4v) is 1.52. The summed E-state index contributed by atoms with van der Waals surface area (Å²) in [5.74, 6) is -1.37. The lowest BCUT2D eigenvalue weighted by Crippen LogP contribution is -2.23. The molecule has 4 nitrogen and oxygen atoms in total. The van der Waals surface area contributed by atoms with E-state index in [0.717, 1.165) is 5.56 Å². The molecule has 1 rings (SSSR count). The predicted octanol–water partition coefficient (Wildman–Crippen LogP) is 2.29. The van der Waals surface area contributed by atoms with E-state index in [-0.39, 0.29) is 25.3 Å². The molecule has 1 amide bonds. The highest BCUT2D eigenvalue weighted by atomic mass is 35.5. The number of carbonyl (C=O) groups is 2. The first-order valence-corrected chi connectivity index (χ1v) is 5.72. The van der Waals surface area contributed by atoms with Crippen molar-refractivity contribution in [2.75, 3.05) is 0 Å². The van der Waals surface area contributed by atoms with Crippen molar-refractivity contribution in [2.24, 2.45) is 0 Å². The molecule has 0 unspecified atom stereocenters. The van der Waals surface area contributed by atoms with Gasteiger partial charge < -0.3 is 10.4 Å². The Hall–Kier alpha value is -1.62. The summed E-state index contributed by atoms with van der Waals surface area (Å²) in [5, 5.41) is 11.3. The molecule has 0 aliphatic heterocycles. The molecule has 0 aliphatic carbocycles. The van der Waals surface area contributed by atoms with E-state index in [4.69, 9.17) is 16.7 Å². The number of carbonyl (C=O) groups excluding carboxylic acids is 1. The maximum absolute atomic E-state index is 12.5. The van der Waals surface area contributed by atoms with Gasteiger partial charge in [-0.3, -0.25) is 9.59 Å². The van der Waals surface area contributed by atoms with Crippen LogP contribution in [0.25, 0.3) is 0 Å². The maximum Gasteiger partial charge on any atom is 0.303 e.